The Morgan fingerprint density at radius 1 is 1.50 bits per heavy atom. The average Bonchev–Trinajstić information content (AvgIpc) is 2.27. The second-order valence-electron chi connectivity index (χ2n) is 4.51. The van der Waals surface area contributed by atoms with Gasteiger partial charge in [0.2, 0.25) is 0 Å². The molecule has 0 saturated heterocycles. The molecule has 1 rings (SSSR count). The van der Waals surface area contributed by atoms with E-state index >= 15 is 0 Å². The first-order valence-electron chi connectivity index (χ1n) is 5.80. The molecular formula is C13H19FN2OS. The summed E-state index contributed by atoms with van der Waals surface area (Å²) in [6, 6.07) is 4.89. The molecule has 0 spiro atoms. The number of hydrogen-bond donors (Lipinski definition) is 2. The van der Waals surface area contributed by atoms with E-state index in [9.17, 15) is 4.39 Å². The first kappa shape index (κ1) is 14.9. The van der Waals surface area contributed by atoms with Gasteiger partial charge in [-0.1, -0.05) is 26.1 Å². The Labute approximate surface area is 113 Å². The van der Waals surface area contributed by atoms with Crippen LogP contribution in [0.25, 0.3) is 0 Å². The minimum Gasteiger partial charge on any atom is -0.389 e. The number of methoxy groups -OCH3 is 1. The number of hydrogen-bond acceptors (Lipinski definition) is 3. The van der Waals surface area contributed by atoms with Crippen molar-refractivity contribution < 1.29 is 9.13 Å². The summed E-state index contributed by atoms with van der Waals surface area (Å²) < 4.78 is 18.8. The van der Waals surface area contributed by atoms with Crippen molar-refractivity contribution in [1.82, 2.24) is 0 Å². The van der Waals surface area contributed by atoms with Crippen molar-refractivity contribution in [3.05, 3.63) is 29.6 Å². The van der Waals surface area contributed by atoms with Crippen molar-refractivity contribution >= 4 is 22.9 Å². The van der Waals surface area contributed by atoms with E-state index in [1.165, 1.54) is 6.07 Å². The standard InChI is InChI=1S/C13H19FN2OS/c1-8(2)12(7-17-3)16-9-4-5-10(13(15)18)11(14)6-9/h4-6,8,12,16H,7H2,1-3H3,(H2,15,18). The van der Waals surface area contributed by atoms with Crippen LogP contribution in [0, 0.1) is 11.7 Å². The number of thiocarbonyl (C=S) groups is 1. The number of ether oxygens (including phenoxy) is 1. The van der Waals surface area contributed by atoms with Gasteiger partial charge in [-0.05, 0) is 24.1 Å². The SMILES string of the molecule is COCC(Nc1ccc(C(N)=S)c(F)c1)C(C)C. The molecule has 0 aliphatic carbocycles. The molecule has 1 aromatic carbocycles. The Balaban J connectivity index is 2.84. The highest BCUT2D eigenvalue weighted by molar-refractivity contribution is 7.80. The van der Waals surface area contributed by atoms with Crippen molar-refractivity contribution in [2.75, 3.05) is 19.0 Å². The van der Waals surface area contributed by atoms with Crippen LogP contribution < -0.4 is 11.1 Å². The summed E-state index contributed by atoms with van der Waals surface area (Å²) >= 11 is 4.76. The largest absolute Gasteiger partial charge is 0.389 e. The third kappa shape index (κ3) is 3.92. The van der Waals surface area contributed by atoms with Crippen LogP contribution in [0.5, 0.6) is 0 Å². The molecule has 0 amide bonds. The van der Waals surface area contributed by atoms with Crippen LogP contribution in [0.2, 0.25) is 0 Å². The molecule has 18 heavy (non-hydrogen) atoms. The van der Waals surface area contributed by atoms with E-state index in [1.807, 2.05) is 0 Å². The third-order valence-corrected chi connectivity index (χ3v) is 2.96. The lowest BCUT2D eigenvalue weighted by molar-refractivity contribution is 0.171. The fourth-order valence-electron chi connectivity index (χ4n) is 1.60. The lowest BCUT2D eigenvalue weighted by atomic mass is 10.0. The van der Waals surface area contributed by atoms with Gasteiger partial charge in [0, 0.05) is 18.4 Å². The van der Waals surface area contributed by atoms with E-state index in [2.05, 4.69) is 19.2 Å². The maximum Gasteiger partial charge on any atom is 0.135 e. The Bertz CT molecular complexity index is 423. The number of rotatable bonds is 6. The van der Waals surface area contributed by atoms with Gasteiger partial charge in [-0.15, -0.1) is 0 Å². The molecule has 1 unspecified atom stereocenters. The first-order valence-corrected chi connectivity index (χ1v) is 6.21. The number of benzene rings is 1. The smallest absolute Gasteiger partial charge is 0.135 e. The fourth-order valence-corrected chi connectivity index (χ4v) is 1.76. The molecule has 0 bridgehead atoms. The van der Waals surface area contributed by atoms with Crippen molar-refractivity contribution in [3.8, 4) is 0 Å². The van der Waals surface area contributed by atoms with Crippen molar-refractivity contribution in [1.29, 1.82) is 0 Å². The Hall–Kier alpha value is -1.20. The van der Waals surface area contributed by atoms with E-state index in [1.54, 1.807) is 19.2 Å². The van der Waals surface area contributed by atoms with Crippen molar-refractivity contribution in [3.63, 3.8) is 0 Å². The first-order chi connectivity index (χ1) is 8.45. The zero-order chi connectivity index (χ0) is 13.7. The lowest BCUT2D eigenvalue weighted by Crippen LogP contribution is -2.30. The second kappa shape index (κ2) is 6.66. The monoisotopic (exact) mass is 270 g/mol. The Morgan fingerprint density at radius 2 is 2.17 bits per heavy atom. The summed E-state index contributed by atoms with van der Waals surface area (Å²) in [7, 11) is 1.65. The molecule has 0 saturated carbocycles. The summed E-state index contributed by atoms with van der Waals surface area (Å²) in [5.41, 5.74) is 6.38. The molecular weight excluding hydrogens is 251 g/mol. The quantitative estimate of drug-likeness (QED) is 0.780. The van der Waals surface area contributed by atoms with Crippen LogP contribution >= 0.6 is 12.2 Å². The Kier molecular flexibility index (Phi) is 5.50. The molecule has 0 fully saturated rings. The van der Waals surface area contributed by atoms with Gasteiger partial charge in [0.1, 0.15) is 10.8 Å². The molecule has 0 aliphatic rings. The van der Waals surface area contributed by atoms with Gasteiger partial charge in [0.05, 0.1) is 12.6 Å². The molecule has 1 aromatic rings. The topological polar surface area (TPSA) is 47.3 Å². The summed E-state index contributed by atoms with van der Waals surface area (Å²) in [6.45, 7) is 4.73. The van der Waals surface area contributed by atoms with Gasteiger partial charge in [-0.25, -0.2) is 4.39 Å². The van der Waals surface area contributed by atoms with Crippen LogP contribution in [0.1, 0.15) is 19.4 Å². The minimum atomic E-state index is -0.410. The lowest BCUT2D eigenvalue weighted by Gasteiger charge is -2.23. The highest BCUT2D eigenvalue weighted by Gasteiger charge is 2.14. The van der Waals surface area contributed by atoms with Crippen LogP contribution in [-0.4, -0.2) is 24.7 Å². The molecule has 3 N–H and O–H groups in total. The highest BCUT2D eigenvalue weighted by atomic mass is 32.1. The van der Waals surface area contributed by atoms with Gasteiger partial charge in [-0.3, -0.25) is 0 Å². The molecule has 5 heteroatoms. The van der Waals surface area contributed by atoms with E-state index in [-0.39, 0.29) is 16.6 Å². The normalized spacial score (nSPS) is 12.5. The average molecular weight is 270 g/mol. The van der Waals surface area contributed by atoms with Crippen molar-refractivity contribution in [2.45, 2.75) is 19.9 Å². The number of nitrogens with one attached hydrogen (secondary N) is 1. The van der Waals surface area contributed by atoms with Gasteiger partial charge in [-0.2, -0.15) is 0 Å². The molecule has 0 heterocycles. The second-order valence-corrected chi connectivity index (χ2v) is 4.95. The molecule has 0 aliphatic heterocycles. The van der Waals surface area contributed by atoms with Crippen LogP contribution in [-0.2, 0) is 4.74 Å². The van der Waals surface area contributed by atoms with E-state index in [4.69, 9.17) is 22.7 Å². The van der Waals surface area contributed by atoms with Gasteiger partial charge < -0.3 is 15.8 Å². The maximum absolute atomic E-state index is 13.7. The van der Waals surface area contributed by atoms with E-state index in [0.717, 1.165) is 0 Å². The summed E-state index contributed by atoms with van der Waals surface area (Å²) in [5.74, 6) is -0.0318. The van der Waals surface area contributed by atoms with Gasteiger partial charge in [0.15, 0.2) is 0 Å². The molecule has 100 valence electrons. The summed E-state index contributed by atoms with van der Waals surface area (Å²) in [6.07, 6.45) is 0. The van der Waals surface area contributed by atoms with Crippen LogP contribution in [0.15, 0.2) is 18.2 Å². The molecule has 0 aromatic heterocycles. The van der Waals surface area contributed by atoms with Crippen molar-refractivity contribution in [2.24, 2.45) is 11.7 Å². The summed E-state index contributed by atoms with van der Waals surface area (Å²) in [4.78, 5) is 0.0661. The third-order valence-electron chi connectivity index (χ3n) is 2.74. The van der Waals surface area contributed by atoms with Gasteiger partial charge in [0.25, 0.3) is 0 Å². The predicted octanol–water partition coefficient (Wildman–Crippen LogP) is 2.54. The van der Waals surface area contributed by atoms with Gasteiger partial charge >= 0.3 is 0 Å². The van der Waals surface area contributed by atoms with E-state index in [0.29, 0.717) is 18.2 Å². The molecule has 3 nitrogen and oxygen atoms in total. The minimum absolute atomic E-state index is 0.0661. The number of halogens is 1. The fraction of sp³-hybridized carbons (Fsp3) is 0.462. The zero-order valence-electron chi connectivity index (χ0n) is 10.9. The predicted molar refractivity (Wildman–Crippen MR) is 76.4 cm³/mol. The van der Waals surface area contributed by atoms with Crippen LogP contribution in [0.4, 0.5) is 10.1 Å². The Morgan fingerprint density at radius 3 is 2.61 bits per heavy atom. The molecule has 1 atom stereocenters. The highest BCUT2D eigenvalue weighted by Crippen LogP contribution is 2.17. The molecule has 0 radical (unpaired) electrons. The number of anilines is 1. The number of nitrogens with two attached hydrogens (primary N) is 1. The maximum atomic E-state index is 13.7. The van der Waals surface area contributed by atoms with Crippen LogP contribution in [0.3, 0.4) is 0 Å². The zero-order valence-corrected chi connectivity index (χ0v) is 11.7. The van der Waals surface area contributed by atoms with E-state index < -0.39 is 5.82 Å². The summed E-state index contributed by atoms with van der Waals surface area (Å²) in [5, 5.41) is 3.24.